The van der Waals surface area contributed by atoms with Gasteiger partial charge in [0.1, 0.15) is 5.02 Å². The van der Waals surface area contributed by atoms with E-state index in [4.69, 9.17) is 23.2 Å². The van der Waals surface area contributed by atoms with Crippen LogP contribution in [0.2, 0.25) is 10.3 Å². The molecule has 1 aromatic carbocycles. The Morgan fingerprint density at radius 1 is 1.24 bits per heavy atom. The molecule has 1 aromatic heterocycles. The molecule has 0 unspecified atom stereocenters. The molecule has 0 saturated heterocycles. The number of carbonyl (C=O) groups is 1. The van der Waals surface area contributed by atoms with Crippen molar-refractivity contribution < 1.29 is 4.79 Å². The van der Waals surface area contributed by atoms with E-state index in [9.17, 15) is 4.79 Å². The number of nitrogens with zero attached hydrogens (tertiary/aromatic N) is 2. The fourth-order valence-electron chi connectivity index (χ4n) is 1.82. The number of aromatic nitrogens is 2. The molecular formula is C14H14Cl2N4O. The SMILES string of the molecule is CC(=O)Nc1c(Nc2nc(Cl)ncc2Cl)ccc(C)c1C. The van der Waals surface area contributed by atoms with Crippen molar-refractivity contribution in [3.63, 3.8) is 0 Å². The minimum Gasteiger partial charge on any atom is -0.337 e. The van der Waals surface area contributed by atoms with Crippen LogP contribution in [-0.2, 0) is 4.79 Å². The summed E-state index contributed by atoms with van der Waals surface area (Å²) >= 11 is 11.8. The predicted molar refractivity (Wildman–Crippen MR) is 85.6 cm³/mol. The first-order chi connectivity index (χ1) is 9.88. The Morgan fingerprint density at radius 3 is 2.62 bits per heavy atom. The maximum absolute atomic E-state index is 11.4. The molecule has 0 radical (unpaired) electrons. The zero-order valence-corrected chi connectivity index (χ0v) is 13.3. The fourth-order valence-corrected chi connectivity index (χ4v) is 2.09. The monoisotopic (exact) mass is 324 g/mol. The van der Waals surface area contributed by atoms with Crippen LogP contribution < -0.4 is 10.6 Å². The summed E-state index contributed by atoms with van der Waals surface area (Å²) in [7, 11) is 0. The van der Waals surface area contributed by atoms with Crippen LogP contribution in [0.1, 0.15) is 18.1 Å². The number of halogens is 2. The van der Waals surface area contributed by atoms with E-state index in [-0.39, 0.29) is 11.2 Å². The quantitative estimate of drug-likeness (QED) is 0.834. The molecule has 2 N–H and O–H groups in total. The van der Waals surface area contributed by atoms with Crippen LogP contribution in [0.25, 0.3) is 0 Å². The molecule has 5 nitrogen and oxygen atoms in total. The molecule has 1 amide bonds. The molecule has 0 aliphatic heterocycles. The zero-order valence-electron chi connectivity index (χ0n) is 11.8. The van der Waals surface area contributed by atoms with Crippen LogP contribution in [0, 0.1) is 13.8 Å². The van der Waals surface area contributed by atoms with E-state index in [1.54, 1.807) is 0 Å². The number of carbonyl (C=O) groups excluding carboxylic acids is 1. The van der Waals surface area contributed by atoms with Crippen molar-refractivity contribution in [2.75, 3.05) is 10.6 Å². The number of hydrogen-bond donors (Lipinski definition) is 2. The molecule has 110 valence electrons. The lowest BCUT2D eigenvalue weighted by Gasteiger charge is -2.16. The maximum Gasteiger partial charge on any atom is 0.224 e. The van der Waals surface area contributed by atoms with E-state index in [1.165, 1.54) is 13.1 Å². The molecule has 7 heteroatoms. The second-order valence-corrected chi connectivity index (χ2v) is 5.32. The van der Waals surface area contributed by atoms with E-state index < -0.39 is 0 Å². The van der Waals surface area contributed by atoms with Gasteiger partial charge in [-0.25, -0.2) is 4.98 Å². The second-order valence-electron chi connectivity index (χ2n) is 4.57. The Morgan fingerprint density at radius 2 is 1.95 bits per heavy atom. The highest BCUT2D eigenvalue weighted by Crippen LogP contribution is 2.32. The van der Waals surface area contributed by atoms with Gasteiger partial charge in [0.2, 0.25) is 11.2 Å². The Labute approximate surface area is 132 Å². The Kier molecular flexibility index (Phi) is 4.65. The highest BCUT2D eigenvalue weighted by molar-refractivity contribution is 6.33. The Hall–Kier alpha value is -1.85. The lowest BCUT2D eigenvalue weighted by Crippen LogP contribution is -2.10. The highest BCUT2D eigenvalue weighted by Gasteiger charge is 2.12. The van der Waals surface area contributed by atoms with Gasteiger partial charge in [-0.2, -0.15) is 4.98 Å². The number of nitrogens with one attached hydrogen (secondary N) is 2. The third-order valence-corrected chi connectivity index (χ3v) is 3.46. The van der Waals surface area contributed by atoms with Crippen LogP contribution >= 0.6 is 23.2 Å². The van der Waals surface area contributed by atoms with Crippen molar-refractivity contribution in [1.82, 2.24) is 9.97 Å². The van der Waals surface area contributed by atoms with E-state index >= 15 is 0 Å². The Bertz CT molecular complexity index is 704. The second kappa shape index (κ2) is 6.28. The van der Waals surface area contributed by atoms with Crippen molar-refractivity contribution in [2.45, 2.75) is 20.8 Å². The molecule has 2 aromatic rings. The summed E-state index contributed by atoms with van der Waals surface area (Å²) in [6.45, 7) is 5.36. The lowest BCUT2D eigenvalue weighted by molar-refractivity contribution is -0.114. The van der Waals surface area contributed by atoms with Gasteiger partial charge in [0.15, 0.2) is 5.82 Å². The summed E-state index contributed by atoms with van der Waals surface area (Å²) < 4.78 is 0. The third kappa shape index (κ3) is 3.62. The molecular weight excluding hydrogens is 311 g/mol. The van der Waals surface area contributed by atoms with Gasteiger partial charge < -0.3 is 10.6 Å². The fraction of sp³-hybridized carbons (Fsp3) is 0.214. The highest BCUT2D eigenvalue weighted by atomic mass is 35.5. The van der Waals surface area contributed by atoms with Crippen LogP contribution in [0.4, 0.5) is 17.2 Å². The van der Waals surface area contributed by atoms with E-state index in [0.29, 0.717) is 22.2 Å². The molecule has 0 bridgehead atoms. The average Bonchev–Trinajstić information content (AvgIpc) is 2.42. The van der Waals surface area contributed by atoms with Gasteiger partial charge >= 0.3 is 0 Å². The van der Waals surface area contributed by atoms with Gasteiger partial charge in [0.25, 0.3) is 0 Å². The van der Waals surface area contributed by atoms with Crippen molar-refractivity contribution in [3.8, 4) is 0 Å². The predicted octanol–water partition coefficient (Wildman–Crippen LogP) is 4.10. The molecule has 21 heavy (non-hydrogen) atoms. The van der Waals surface area contributed by atoms with Gasteiger partial charge in [-0.05, 0) is 42.6 Å². The van der Waals surface area contributed by atoms with Crippen LogP contribution in [0.5, 0.6) is 0 Å². The number of anilines is 3. The van der Waals surface area contributed by atoms with Crippen LogP contribution in [0.15, 0.2) is 18.3 Å². The summed E-state index contributed by atoms with van der Waals surface area (Å²) in [5.41, 5.74) is 3.40. The van der Waals surface area contributed by atoms with E-state index in [2.05, 4.69) is 20.6 Å². The number of aryl methyl sites for hydroxylation is 1. The van der Waals surface area contributed by atoms with Crippen molar-refractivity contribution in [3.05, 3.63) is 39.8 Å². The Balaban J connectivity index is 2.46. The third-order valence-electron chi connectivity index (χ3n) is 3.00. The first kappa shape index (κ1) is 15.5. The van der Waals surface area contributed by atoms with Gasteiger partial charge in [0.05, 0.1) is 17.6 Å². The number of rotatable bonds is 3. The maximum atomic E-state index is 11.4. The van der Waals surface area contributed by atoms with Crippen LogP contribution in [0.3, 0.4) is 0 Å². The van der Waals surface area contributed by atoms with E-state index in [0.717, 1.165) is 11.1 Å². The molecule has 0 atom stereocenters. The molecule has 0 saturated carbocycles. The minimum atomic E-state index is -0.154. The molecule has 2 rings (SSSR count). The summed E-state index contributed by atoms with van der Waals surface area (Å²) in [6, 6.07) is 3.79. The molecule has 1 heterocycles. The standard InChI is InChI=1S/C14H14Cl2N4O/c1-7-4-5-11(12(8(7)2)18-9(3)21)19-13-10(15)6-17-14(16)20-13/h4-6H,1-3H3,(H,18,21)(H,17,19,20). The van der Waals surface area contributed by atoms with Gasteiger partial charge in [-0.1, -0.05) is 17.7 Å². The number of benzene rings is 1. The first-order valence-corrected chi connectivity index (χ1v) is 6.97. The van der Waals surface area contributed by atoms with E-state index in [1.807, 2.05) is 26.0 Å². The largest absolute Gasteiger partial charge is 0.337 e. The molecule has 0 spiro atoms. The van der Waals surface area contributed by atoms with Gasteiger partial charge in [-0.3, -0.25) is 4.79 Å². The topological polar surface area (TPSA) is 66.9 Å². The number of hydrogen-bond acceptors (Lipinski definition) is 4. The zero-order chi connectivity index (χ0) is 15.6. The smallest absolute Gasteiger partial charge is 0.224 e. The van der Waals surface area contributed by atoms with Crippen LogP contribution in [-0.4, -0.2) is 15.9 Å². The summed E-state index contributed by atoms with van der Waals surface area (Å²) in [4.78, 5) is 19.2. The normalized spacial score (nSPS) is 10.3. The summed E-state index contributed by atoms with van der Waals surface area (Å²) in [5, 5.41) is 6.32. The van der Waals surface area contributed by atoms with Crippen molar-refractivity contribution >= 4 is 46.3 Å². The van der Waals surface area contributed by atoms with Gasteiger partial charge in [-0.15, -0.1) is 0 Å². The van der Waals surface area contributed by atoms with Crippen molar-refractivity contribution in [1.29, 1.82) is 0 Å². The first-order valence-electron chi connectivity index (χ1n) is 6.21. The average molecular weight is 325 g/mol. The van der Waals surface area contributed by atoms with Crippen molar-refractivity contribution in [2.24, 2.45) is 0 Å². The molecule has 0 aliphatic carbocycles. The number of amides is 1. The summed E-state index contributed by atoms with van der Waals surface area (Å²) in [6.07, 6.45) is 1.42. The van der Waals surface area contributed by atoms with Gasteiger partial charge in [0, 0.05) is 6.92 Å². The minimum absolute atomic E-state index is 0.0896. The molecule has 0 aliphatic rings. The summed E-state index contributed by atoms with van der Waals surface area (Å²) in [5.74, 6) is 0.227. The molecule has 0 fully saturated rings. The lowest BCUT2D eigenvalue weighted by atomic mass is 10.1.